The van der Waals surface area contributed by atoms with Gasteiger partial charge in [-0.3, -0.25) is 4.79 Å². The summed E-state index contributed by atoms with van der Waals surface area (Å²) in [7, 11) is 1.41. The van der Waals surface area contributed by atoms with Gasteiger partial charge in [0.1, 0.15) is 5.75 Å². The zero-order valence-corrected chi connectivity index (χ0v) is 10.2. The van der Waals surface area contributed by atoms with Crippen LogP contribution in [0.5, 0.6) is 5.75 Å². The van der Waals surface area contributed by atoms with E-state index in [1.165, 1.54) is 31.1 Å². The first kappa shape index (κ1) is 12.0. The fraction of sp³-hybridized carbons (Fsp3) is 0.500. The fourth-order valence-electron chi connectivity index (χ4n) is 2.15. The number of hydrogen-bond acceptors (Lipinski definition) is 3. The number of carbonyl (C=O) groups is 1. The van der Waals surface area contributed by atoms with Crippen LogP contribution in [-0.2, 0) is 22.4 Å². The summed E-state index contributed by atoms with van der Waals surface area (Å²) in [6, 6.07) is 6.29. The lowest BCUT2D eigenvalue weighted by molar-refractivity contribution is -0.140. The van der Waals surface area contributed by atoms with E-state index < -0.39 is 0 Å². The van der Waals surface area contributed by atoms with Gasteiger partial charge in [-0.25, -0.2) is 0 Å². The van der Waals surface area contributed by atoms with Crippen molar-refractivity contribution in [1.29, 1.82) is 0 Å². The second-order valence-electron chi connectivity index (χ2n) is 4.31. The number of rotatable bonds is 5. The lowest BCUT2D eigenvalue weighted by Crippen LogP contribution is -2.04. The van der Waals surface area contributed by atoms with E-state index >= 15 is 0 Å². The average molecular weight is 234 g/mol. The summed E-state index contributed by atoms with van der Waals surface area (Å²) in [4.78, 5) is 10.9. The van der Waals surface area contributed by atoms with E-state index in [1.807, 2.05) is 6.07 Å². The van der Waals surface area contributed by atoms with Gasteiger partial charge in [0.05, 0.1) is 13.7 Å². The average Bonchev–Trinajstić information content (AvgIpc) is 2.81. The van der Waals surface area contributed by atoms with Crippen LogP contribution in [0.1, 0.15) is 30.4 Å². The van der Waals surface area contributed by atoms with E-state index in [4.69, 9.17) is 4.74 Å². The molecule has 0 radical (unpaired) electrons. The number of hydrogen-bond donors (Lipinski definition) is 0. The first-order valence-corrected chi connectivity index (χ1v) is 6.11. The maximum atomic E-state index is 10.9. The summed E-state index contributed by atoms with van der Waals surface area (Å²) in [5.41, 5.74) is 2.86. The molecule has 0 saturated heterocycles. The Labute approximate surface area is 102 Å². The molecule has 1 aliphatic rings. The van der Waals surface area contributed by atoms with Crippen molar-refractivity contribution in [2.45, 2.75) is 32.1 Å². The lowest BCUT2D eigenvalue weighted by atomic mass is 10.1. The van der Waals surface area contributed by atoms with Crippen molar-refractivity contribution in [3.63, 3.8) is 0 Å². The van der Waals surface area contributed by atoms with Gasteiger partial charge in [0, 0.05) is 6.42 Å². The van der Waals surface area contributed by atoms with Gasteiger partial charge in [0.2, 0.25) is 0 Å². The monoisotopic (exact) mass is 234 g/mol. The third-order valence-corrected chi connectivity index (χ3v) is 3.09. The second-order valence-corrected chi connectivity index (χ2v) is 4.31. The van der Waals surface area contributed by atoms with Crippen LogP contribution in [0.15, 0.2) is 18.2 Å². The molecule has 0 aliphatic heterocycles. The molecule has 0 bridgehead atoms. The number of ether oxygens (including phenoxy) is 2. The highest BCUT2D eigenvalue weighted by Gasteiger charge is 2.11. The van der Waals surface area contributed by atoms with Gasteiger partial charge >= 0.3 is 5.97 Å². The first-order chi connectivity index (χ1) is 8.29. The van der Waals surface area contributed by atoms with Crippen LogP contribution in [0.4, 0.5) is 0 Å². The smallest absolute Gasteiger partial charge is 0.305 e. The van der Waals surface area contributed by atoms with Crippen molar-refractivity contribution in [2.75, 3.05) is 13.7 Å². The molecule has 17 heavy (non-hydrogen) atoms. The molecule has 0 amide bonds. The lowest BCUT2D eigenvalue weighted by Gasteiger charge is -2.07. The van der Waals surface area contributed by atoms with Crippen LogP contribution < -0.4 is 4.74 Å². The van der Waals surface area contributed by atoms with Crippen molar-refractivity contribution < 1.29 is 14.3 Å². The summed E-state index contributed by atoms with van der Waals surface area (Å²) in [6.45, 7) is 0.563. The zero-order chi connectivity index (χ0) is 12.1. The van der Waals surface area contributed by atoms with Gasteiger partial charge in [-0.05, 0) is 48.9 Å². The minimum atomic E-state index is -0.178. The molecule has 1 aromatic rings. The molecule has 0 fully saturated rings. The minimum absolute atomic E-state index is 0.178. The van der Waals surface area contributed by atoms with Crippen molar-refractivity contribution in [2.24, 2.45) is 0 Å². The molecule has 0 spiro atoms. The Morgan fingerprint density at radius 1 is 1.29 bits per heavy atom. The summed E-state index contributed by atoms with van der Waals surface area (Å²) < 4.78 is 10.2. The van der Waals surface area contributed by atoms with Crippen LogP contribution >= 0.6 is 0 Å². The predicted molar refractivity (Wildman–Crippen MR) is 65.2 cm³/mol. The molecule has 0 aromatic heterocycles. The molecule has 0 atom stereocenters. The molecule has 1 aliphatic carbocycles. The number of carbonyl (C=O) groups excluding carboxylic acids is 1. The first-order valence-electron chi connectivity index (χ1n) is 6.11. The molecule has 3 nitrogen and oxygen atoms in total. The number of methoxy groups -OCH3 is 1. The summed E-state index contributed by atoms with van der Waals surface area (Å²) >= 11 is 0. The minimum Gasteiger partial charge on any atom is -0.494 e. The second kappa shape index (κ2) is 5.71. The number of aryl methyl sites for hydroxylation is 2. The van der Waals surface area contributed by atoms with Gasteiger partial charge in [-0.2, -0.15) is 0 Å². The summed E-state index contributed by atoms with van der Waals surface area (Å²) in [5.74, 6) is 0.734. The highest BCUT2D eigenvalue weighted by Crippen LogP contribution is 2.26. The van der Waals surface area contributed by atoms with Crippen LogP contribution in [0.3, 0.4) is 0 Å². The van der Waals surface area contributed by atoms with Gasteiger partial charge in [-0.15, -0.1) is 0 Å². The quantitative estimate of drug-likeness (QED) is 0.580. The predicted octanol–water partition coefficient (Wildman–Crippen LogP) is 2.51. The topological polar surface area (TPSA) is 35.5 Å². The molecule has 0 heterocycles. The molecule has 92 valence electrons. The van der Waals surface area contributed by atoms with Crippen molar-refractivity contribution in [3.8, 4) is 5.75 Å². The van der Waals surface area contributed by atoms with Crippen molar-refractivity contribution in [3.05, 3.63) is 29.3 Å². The molecule has 0 N–H and O–H groups in total. The van der Waals surface area contributed by atoms with E-state index in [0.29, 0.717) is 19.4 Å². The van der Waals surface area contributed by atoms with E-state index in [-0.39, 0.29) is 5.97 Å². The molecular weight excluding hydrogens is 216 g/mol. The van der Waals surface area contributed by atoms with Gasteiger partial charge in [0.25, 0.3) is 0 Å². The van der Waals surface area contributed by atoms with Crippen LogP contribution in [0, 0.1) is 0 Å². The van der Waals surface area contributed by atoms with Gasteiger partial charge < -0.3 is 9.47 Å². The molecule has 0 saturated carbocycles. The number of esters is 1. The highest BCUT2D eigenvalue weighted by molar-refractivity contribution is 5.69. The van der Waals surface area contributed by atoms with E-state index in [0.717, 1.165) is 12.2 Å². The molecule has 2 rings (SSSR count). The maximum absolute atomic E-state index is 10.9. The largest absolute Gasteiger partial charge is 0.494 e. The summed E-state index contributed by atoms with van der Waals surface area (Å²) in [6.07, 6.45) is 4.72. The Balaban J connectivity index is 1.78. The zero-order valence-electron chi connectivity index (χ0n) is 10.2. The Bertz CT molecular complexity index is 398. The van der Waals surface area contributed by atoms with Crippen LogP contribution in [-0.4, -0.2) is 19.7 Å². The third kappa shape index (κ3) is 3.22. The number of fused-ring (bicyclic) bond motifs is 1. The Morgan fingerprint density at radius 2 is 2.12 bits per heavy atom. The molecule has 0 unspecified atom stereocenters. The van der Waals surface area contributed by atoms with E-state index in [9.17, 15) is 4.79 Å². The SMILES string of the molecule is COC(=O)CCCOc1ccc2c(c1)CCC2. The number of benzene rings is 1. The Hall–Kier alpha value is -1.51. The summed E-state index contributed by atoms with van der Waals surface area (Å²) in [5, 5.41) is 0. The van der Waals surface area contributed by atoms with Gasteiger partial charge in [-0.1, -0.05) is 6.07 Å². The molecule has 3 heteroatoms. The third-order valence-electron chi connectivity index (χ3n) is 3.09. The van der Waals surface area contributed by atoms with Gasteiger partial charge in [0.15, 0.2) is 0 Å². The normalized spacial score (nSPS) is 13.2. The van der Waals surface area contributed by atoms with Crippen LogP contribution in [0.2, 0.25) is 0 Å². The molecular formula is C14H18O3. The standard InChI is InChI=1S/C14H18O3/c1-16-14(15)6-3-9-17-13-8-7-11-4-2-5-12(11)10-13/h7-8,10H,2-6,9H2,1H3. The maximum Gasteiger partial charge on any atom is 0.305 e. The fourth-order valence-corrected chi connectivity index (χ4v) is 2.15. The van der Waals surface area contributed by atoms with Crippen molar-refractivity contribution in [1.82, 2.24) is 0 Å². The van der Waals surface area contributed by atoms with E-state index in [2.05, 4.69) is 16.9 Å². The highest BCUT2D eigenvalue weighted by atomic mass is 16.5. The van der Waals surface area contributed by atoms with Crippen LogP contribution in [0.25, 0.3) is 0 Å². The van der Waals surface area contributed by atoms with Crippen molar-refractivity contribution >= 4 is 5.97 Å². The Morgan fingerprint density at radius 3 is 2.94 bits per heavy atom. The molecule has 1 aromatic carbocycles. The Kier molecular flexibility index (Phi) is 4.02. The van der Waals surface area contributed by atoms with E-state index in [1.54, 1.807) is 0 Å².